The number of carbonyl (C=O) groups excluding carboxylic acids is 1. The Balaban J connectivity index is 2.44. The Morgan fingerprint density at radius 2 is 2.10 bits per heavy atom. The number of thiophene rings is 1. The molecule has 0 fully saturated rings. The van der Waals surface area contributed by atoms with Gasteiger partial charge in [0.05, 0.1) is 18.7 Å². The number of amides is 1. The van der Waals surface area contributed by atoms with Crippen molar-refractivity contribution in [1.29, 1.82) is 0 Å². The number of hydrogen-bond acceptors (Lipinski definition) is 5. The fourth-order valence-electron chi connectivity index (χ4n) is 2.75. The molecule has 1 heterocycles. The Hall–Kier alpha value is -2.38. The largest absolute Gasteiger partial charge is 0.501 e. The Kier molecular flexibility index (Phi) is 10.0. The van der Waals surface area contributed by atoms with Crippen LogP contribution in [0.25, 0.3) is 0 Å². The molecule has 0 saturated carbocycles. The number of hydrogen-bond donors (Lipinski definition) is 4. The Morgan fingerprint density at radius 3 is 2.74 bits per heavy atom. The summed E-state index contributed by atoms with van der Waals surface area (Å²) in [5, 5.41) is 23.1. The summed E-state index contributed by atoms with van der Waals surface area (Å²) < 4.78 is 5.58. The standard InChI is InChI=1S/C22H29N4O3PS/c1-4-29-30-17-8-6-5-7-16(17)26-21(24)18(22(28)25-11-9-14(2)3)20(27)19(23)15-10-12-31-13-15/h5-8,10,12-14,23,27,30H,4,9,11H2,1-3H3,(H2,24,26)(H,25,28)/p+3/b20-18+,23-19?. The van der Waals surface area contributed by atoms with E-state index in [2.05, 4.69) is 18.8 Å². The third-order valence-electron chi connectivity index (χ3n) is 4.46. The minimum absolute atomic E-state index is 0.0789. The number of aliphatic imine (C=N–C) groups is 1. The molecule has 166 valence electrons. The van der Waals surface area contributed by atoms with Gasteiger partial charge in [-0.1, -0.05) is 26.0 Å². The number of nitrogens with two attached hydrogens (primary N) is 3. The van der Waals surface area contributed by atoms with Gasteiger partial charge in [0.15, 0.2) is 14.4 Å². The number of nitrogens with zero attached hydrogens (tertiary/aromatic N) is 1. The second kappa shape index (κ2) is 12.5. The zero-order valence-corrected chi connectivity index (χ0v) is 20.1. The summed E-state index contributed by atoms with van der Waals surface area (Å²) in [5.74, 6) is -0.385. The van der Waals surface area contributed by atoms with Crippen LogP contribution in [-0.2, 0) is 9.32 Å². The number of benzene rings is 1. The van der Waals surface area contributed by atoms with Crippen molar-refractivity contribution in [2.45, 2.75) is 27.2 Å². The third kappa shape index (κ3) is 7.36. The van der Waals surface area contributed by atoms with Crippen LogP contribution in [0.3, 0.4) is 0 Å². The Morgan fingerprint density at radius 1 is 1.35 bits per heavy atom. The number of primary amides is 1. The van der Waals surface area contributed by atoms with Crippen LogP contribution in [0.5, 0.6) is 0 Å². The maximum atomic E-state index is 13.0. The summed E-state index contributed by atoms with van der Waals surface area (Å²) in [6.07, 6.45) is 0.848. The summed E-state index contributed by atoms with van der Waals surface area (Å²) in [6.45, 7) is 7.28. The molecule has 1 atom stereocenters. The molecule has 1 aromatic carbocycles. The van der Waals surface area contributed by atoms with E-state index in [1.54, 1.807) is 11.4 Å². The number of allylic oxidation sites excluding steroid dienone is 1. The fraction of sp³-hybridized carbons (Fsp3) is 0.318. The topological polar surface area (TPSA) is 127 Å². The fourth-order valence-corrected chi connectivity index (χ4v) is 4.22. The Bertz CT molecular complexity index is 955. The zero-order chi connectivity index (χ0) is 22.8. The van der Waals surface area contributed by atoms with Crippen molar-refractivity contribution in [1.82, 2.24) is 0 Å². The van der Waals surface area contributed by atoms with E-state index in [1.807, 2.05) is 36.6 Å². The number of aliphatic hydroxyl groups is 1. The number of carbonyl (C=O) groups is 1. The molecule has 0 bridgehead atoms. The highest BCUT2D eigenvalue weighted by molar-refractivity contribution is 7.42. The van der Waals surface area contributed by atoms with E-state index in [9.17, 15) is 9.90 Å². The molecule has 1 amide bonds. The second-order valence-electron chi connectivity index (χ2n) is 7.32. The minimum Gasteiger partial charge on any atom is -0.501 e. The summed E-state index contributed by atoms with van der Waals surface area (Å²) in [5.41, 5.74) is 7.51. The highest BCUT2D eigenvalue weighted by Gasteiger charge is 2.29. The lowest BCUT2D eigenvalue weighted by atomic mass is 10.1. The van der Waals surface area contributed by atoms with Crippen LogP contribution in [0, 0.1) is 5.92 Å². The lowest BCUT2D eigenvalue weighted by Gasteiger charge is -2.08. The first-order valence-electron chi connectivity index (χ1n) is 10.2. The molecular weight excluding hydrogens is 431 g/mol. The monoisotopic (exact) mass is 463 g/mol. The van der Waals surface area contributed by atoms with Crippen molar-refractivity contribution in [2.24, 2.45) is 16.6 Å². The van der Waals surface area contributed by atoms with Crippen LogP contribution in [0.4, 0.5) is 5.69 Å². The predicted octanol–water partition coefficient (Wildman–Crippen LogP) is 0.921. The van der Waals surface area contributed by atoms with Gasteiger partial charge in [-0.15, -0.1) is 0 Å². The van der Waals surface area contributed by atoms with Crippen molar-refractivity contribution in [3.8, 4) is 0 Å². The van der Waals surface area contributed by atoms with E-state index >= 15 is 0 Å². The van der Waals surface area contributed by atoms with E-state index in [4.69, 9.17) is 15.7 Å². The van der Waals surface area contributed by atoms with Crippen LogP contribution in [0.15, 0.2) is 57.4 Å². The Labute approximate surface area is 188 Å². The van der Waals surface area contributed by atoms with Crippen molar-refractivity contribution >= 4 is 48.6 Å². The quantitative estimate of drug-likeness (QED) is 0.130. The van der Waals surface area contributed by atoms with E-state index in [0.717, 1.165) is 11.7 Å². The maximum absolute atomic E-state index is 13.0. The normalized spacial score (nSPS) is 13.1. The lowest BCUT2D eigenvalue weighted by molar-refractivity contribution is -0.566. The molecule has 2 rings (SSSR count). The molecule has 9 heteroatoms. The molecule has 31 heavy (non-hydrogen) atoms. The molecule has 2 aromatic rings. The van der Waals surface area contributed by atoms with Crippen molar-refractivity contribution < 1.29 is 25.2 Å². The van der Waals surface area contributed by atoms with E-state index in [-0.39, 0.29) is 22.9 Å². The van der Waals surface area contributed by atoms with Gasteiger partial charge < -0.3 is 10.8 Å². The van der Waals surface area contributed by atoms with Gasteiger partial charge in [-0.25, -0.2) is 14.3 Å². The SMILES string of the molecule is CCO[PH2+]c1ccccc1N=C(N)/C(C(=O)[NH2+]CCC(C)C)=C(\O)C(=[NH2+])c1ccsc1. The van der Waals surface area contributed by atoms with Crippen LogP contribution >= 0.6 is 20.1 Å². The first-order valence-corrected chi connectivity index (χ1v) is 12.2. The van der Waals surface area contributed by atoms with Crippen LogP contribution in [-0.4, -0.2) is 35.7 Å². The number of amidine groups is 1. The van der Waals surface area contributed by atoms with Crippen LogP contribution in [0.2, 0.25) is 0 Å². The van der Waals surface area contributed by atoms with Gasteiger partial charge >= 0.3 is 5.91 Å². The zero-order valence-electron chi connectivity index (χ0n) is 18.2. The van der Waals surface area contributed by atoms with Crippen molar-refractivity contribution in [2.75, 3.05) is 13.2 Å². The molecule has 0 aliphatic carbocycles. The molecule has 1 unspecified atom stereocenters. The first-order chi connectivity index (χ1) is 14.8. The molecule has 7 nitrogen and oxygen atoms in total. The van der Waals surface area contributed by atoms with Gasteiger partial charge in [0, 0.05) is 5.38 Å². The molecule has 1 aromatic heterocycles. The molecule has 0 saturated heterocycles. The van der Waals surface area contributed by atoms with E-state index < -0.39 is 14.7 Å². The third-order valence-corrected chi connectivity index (χ3v) is 6.38. The number of quaternary nitrogens is 1. The first kappa shape index (κ1) is 24.9. The van der Waals surface area contributed by atoms with Gasteiger partial charge in [-0.3, -0.25) is 10.7 Å². The molecular formula is C22H32N4O3PS+3. The van der Waals surface area contributed by atoms with Gasteiger partial charge in [-0.05, 0) is 42.8 Å². The highest BCUT2D eigenvalue weighted by atomic mass is 32.1. The van der Waals surface area contributed by atoms with Crippen molar-refractivity contribution in [3.63, 3.8) is 0 Å². The maximum Gasteiger partial charge on any atom is 0.350 e. The molecule has 0 radical (unpaired) electrons. The number of aliphatic hydroxyl groups excluding tert-OH is 1. The summed E-state index contributed by atoms with van der Waals surface area (Å²) in [6, 6.07) is 9.24. The lowest BCUT2D eigenvalue weighted by Crippen LogP contribution is -2.89. The molecule has 0 aliphatic rings. The van der Waals surface area contributed by atoms with Gasteiger partial charge in [0.1, 0.15) is 16.8 Å². The highest BCUT2D eigenvalue weighted by Crippen LogP contribution is 2.21. The minimum atomic E-state index is -0.442. The van der Waals surface area contributed by atoms with Gasteiger partial charge in [-0.2, -0.15) is 11.3 Å². The van der Waals surface area contributed by atoms with Crippen LogP contribution < -0.4 is 21.8 Å². The predicted molar refractivity (Wildman–Crippen MR) is 130 cm³/mol. The molecule has 0 aliphatic heterocycles. The smallest absolute Gasteiger partial charge is 0.350 e. The number of para-hydroxylation sites is 1. The van der Waals surface area contributed by atoms with Crippen LogP contribution in [0.1, 0.15) is 32.8 Å². The summed E-state index contributed by atoms with van der Waals surface area (Å²) in [4.78, 5) is 17.5. The number of rotatable bonds is 11. The second-order valence-corrected chi connectivity index (χ2v) is 9.29. The van der Waals surface area contributed by atoms with E-state index in [0.29, 0.717) is 30.3 Å². The molecule has 0 spiro atoms. The van der Waals surface area contributed by atoms with Gasteiger partial charge in [0.25, 0.3) is 0 Å². The summed E-state index contributed by atoms with van der Waals surface area (Å²) >= 11 is 1.44. The van der Waals surface area contributed by atoms with E-state index in [1.165, 1.54) is 16.7 Å². The average Bonchev–Trinajstić information content (AvgIpc) is 3.27. The average molecular weight is 464 g/mol. The van der Waals surface area contributed by atoms with Gasteiger partial charge in [0.2, 0.25) is 11.5 Å². The molecule has 7 N–H and O–H groups in total. The van der Waals surface area contributed by atoms with Crippen molar-refractivity contribution in [3.05, 3.63) is 58.0 Å². The summed E-state index contributed by atoms with van der Waals surface area (Å²) in [7, 11) is -0.442.